The van der Waals surface area contributed by atoms with Crippen LogP contribution >= 0.6 is 11.6 Å². The molecule has 1 unspecified atom stereocenters. The fourth-order valence-electron chi connectivity index (χ4n) is 4.31. The highest BCUT2D eigenvalue weighted by atomic mass is 35.5. The maximum Gasteiger partial charge on any atom is 0.273 e. The molecule has 1 amide bonds. The summed E-state index contributed by atoms with van der Waals surface area (Å²) in [6, 6.07) is 20.2. The van der Waals surface area contributed by atoms with E-state index in [2.05, 4.69) is 10.2 Å². The largest absolute Gasteiger partial charge is 0.507 e. The number of carbonyl (C=O) groups is 1. The number of rotatable bonds is 5. The van der Waals surface area contributed by atoms with Gasteiger partial charge in [-0.2, -0.15) is 5.10 Å². The van der Waals surface area contributed by atoms with Crippen molar-refractivity contribution < 1.29 is 14.6 Å². The minimum atomic E-state index is -0.420. The molecule has 0 spiro atoms. The van der Waals surface area contributed by atoms with Crippen molar-refractivity contribution in [2.24, 2.45) is 0 Å². The van der Waals surface area contributed by atoms with Crippen LogP contribution in [-0.4, -0.2) is 33.2 Å². The molecule has 3 aromatic carbocycles. The molecule has 2 N–H and O–H groups in total. The van der Waals surface area contributed by atoms with Crippen molar-refractivity contribution in [3.8, 4) is 22.8 Å². The number of aromatic amines is 1. The normalized spacial score (nSPS) is 15.1. The van der Waals surface area contributed by atoms with E-state index in [1.54, 1.807) is 19.2 Å². The van der Waals surface area contributed by atoms with Gasteiger partial charge in [0.2, 0.25) is 0 Å². The SMILES string of the molecule is COc1cccc(C2c3c(-c4cc(Cl)ccc4O)n[nH]c3C(=O)N2Cc2ccc(C)cc2)c1. The number of aromatic nitrogens is 2. The van der Waals surface area contributed by atoms with E-state index < -0.39 is 6.04 Å². The average molecular weight is 460 g/mol. The number of fused-ring (bicyclic) bond motifs is 1. The van der Waals surface area contributed by atoms with E-state index in [-0.39, 0.29) is 11.7 Å². The van der Waals surface area contributed by atoms with Gasteiger partial charge in [-0.3, -0.25) is 9.89 Å². The molecule has 33 heavy (non-hydrogen) atoms. The first-order valence-electron chi connectivity index (χ1n) is 10.5. The van der Waals surface area contributed by atoms with Gasteiger partial charge in [0.05, 0.1) is 13.2 Å². The second kappa shape index (κ2) is 8.30. The number of carbonyl (C=O) groups excluding carboxylic acids is 1. The van der Waals surface area contributed by atoms with Crippen LogP contribution in [0.25, 0.3) is 11.3 Å². The summed E-state index contributed by atoms with van der Waals surface area (Å²) in [5.74, 6) is 0.584. The third kappa shape index (κ3) is 3.72. The molecule has 0 aliphatic carbocycles. The van der Waals surface area contributed by atoms with E-state index in [9.17, 15) is 9.90 Å². The van der Waals surface area contributed by atoms with Crippen molar-refractivity contribution in [2.45, 2.75) is 19.5 Å². The third-order valence-electron chi connectivity index (χ3n) is 5.96. The number of hydrogen-bond donors (Lipinski definition) is 2. The highest BCUT2D eigenvalue weighted by Gasteiger charge is 2.42. The molecule has 1 aliphatic rings. The second-order valence-corrected chi connectivity index (χ2v) is 8.56. The number of H-pyrrole nitrogens is 1. The number of aromatic hydroxyl groups is 1. The molecule has 5 rings (SSSR count). The molecule has 1 atom stereocenters. The van der Waals surface area contributed by atoms with Crippen LogP contribution in [-0.2, 0) is 6.54 Å². The van der Waals surface area contributed by atoms with E-state index in [4.69, 9.17) is 16.3 Å². The summed E-state index contributed by atoms with van der Waals surface area (Å²) >= 11 is 6.21. The number of methoxy groups -OCH3 is 1. The molecule has 0 radical (unpaired) electrons. The molecule has 1 aromatic heterocycles. The number of halogens is 1. The fourth-order valence-corrected chi connectivity index (χ4v) is 4.48. The first kappa shape index (κ1) is 21.1. The Balaban J connectivity index is 1.67. The van der Waals surface area contributed by atoms with Crippen molar-refractivity contribution in [2.75, 3.05) is 7.11 Å². The number of nitrogens with one attached hydrogen (secondary N) is 1. The summed E-state index contributed by atoms with van der Waals surface area (Å²) < 4.78 is 5.44. The molecule has 2 heterocycles. The van der Waals surface area contributed by atoms with Crippen LogP contribution in [0.5, 0.6) is 11.5 Å². The van der Waals surface area contributed by atoms with Gasteiger partial charge < -0.3 is 14.7 Å². The summed E-state index contributed by atoms with van der Waals surface area (Å²) in [7, 11) is 1.61. The van der Waals surface area contributed by atoms with Crippen LogP contribution in [0.15, 0.2) is 66.7 Å². The molecule has 7 heteroatoms. The lowest BCUT2D eigenvalue weighted by atomic mass is 9.95. The predicted molar refractivity (Wildman–Crippen MR) is 127 cm³/mol. The lowest BCUT2D eigenvalue weighted by Crippen LogP contribution is -2.29. The minimum absolute atomic E-state index is 0.0440. The van der Waals surface area contributed by atoms with Gasteiger partial charge >= 0.3 is 0 Å². The zero-order valence-electron chi connectivity index (χ0n) is 18.2. The van der Waals surface area contributed by atoms with Gasteiger partial charge in [-0.05, 0) is 48.4 Å². The Kier molecular flexibility index (Phi) is 5.30. The summed E-state index contributed by atoms with van der Waals surface area (Å²) in [4.78, 5) is 15.4. The fraction of sp³-hybridized carbons (Fsp3) is 0.154. The number of hydrogen-bond acceptors (Lipinski definition) is 4. The lowest BCUT2D eigenvalue weighted by molar-refractivity contribution is 0.0730. The van der Waals surface area contributed by atoms with Gasteiger partial charge in [-0.1, -0.05) is 53.6 Å². The van der Waals surface area contributed by atoms with Gasteiger partial charge in [0.25, 0.3) is 5.91 Å². The molecule has 0 bridgehead atoms. The monoisotopic (exact) mass is 459 g/mol. The van der Waals surface area contributed by atoms with Crippen LogP contribution in [0.3, 0.4) is 0 Å². The second-order valence-electron chi connectivity index (χ2n) is 8.12. The topological polar surface area (TPSA) is 78.5 Å². The Morgan fingerprint density at radius 2 is 1.91 bits per heavy atom. The van der Waals surface area contributed by atoms with E-state index in [0.29, 0.717) is 39.8 Å². The van der Waals surface area contributed by atoms with Crippen molar-refractivity contribution in [1.29, 1.82) is 0 Å². The molecule has 4 aromatic rings. The summed E-state index contributed by atoms with van der Waals surface area (Å²) in [6.07, 6.45) is 0. The standard InChI is InChI=1S/C26H22ClN3O3/c1-15-6-8-16(9-7-15)14-30-25(17-4-3-5-19(12-17)33-2)22-23(28-29-24(22)26(30)32)20-13-18(27)10-11-21(20)31/h3-13,25,31H,14H2,1-2H3,(H,28,29). The van der Waals surface area contributed by atoms with E-state index in [1.165, 1.54) is 6.07 Å². The van der Waals surface area contributed by atoms with Crippen LogP contribution in [0.4, 0.5) is 0 Å². The van der Waals surface area contributed by atoms with E-state index >= 15 is 0 Å². The Hall–Kier alpha value is -3.77. The first-order chi connectivity index (χ1) is 16.0. The number of benzene rings is 3. The number of aryl methyl sites for hydroxylation is 1. The van der Waals surface area contributed by atoms with E-state index in [1.807, 2.05) is 60.4 Å². The lowest BCUT2D eigenvalue weighted by Gasteiger charge is -2.27. The van der Waals surface area contributed by atoms with Crippen molar-refractivity contribution >= 4 is 17.5 Å². The van der Waals surface area contributed by atoms with Crippen molar-refractivity contribution in [3.05, 3.63) is 99.7 Å². The van der Waals surface area contributed by atoms with Gasteiger partial charge in [0.1, 0.15) is 22.9 Å². The Labute approximate surface area is 196 Å². The zero-order chi connectivity index (χ0) is 23.1. The number of phenols is 1. The highest BCUT2D eigenvalue weighted by Crippen LogP contribution is 2.45. The quantitative estimate of drug-likeness (QED) is 0.413. The van der Waals surface area contributed by atoms with Crippen LogP contribution in [0, 0.1) is 6.92 Å². The van der Waals surface area contributed by atoms with Gasteiger partial charge in [0, 0.05) is 22.7 Å². The minimum Gasteiger partial charge on any atom is -0.507 e. The van der Waals surface area contributed by atoms with Gasteiger partial charge in [-0.15, -0.1) is 0 Å². The Morgan fingerprint density at radius 1 is 1.12 bits per heavy atom. The average Bonchev–Trinajstić information content (AvgIpc) is 3.36. The molecule has 1 aliphatic heterocycles. The number of phenolic OH excluding ortho intramolecular Hbond substituents is 1. The summed E-state index contributed by atoms with van der Waals surface area (Å²) in [5, 5.41) is 18.3. The van der Waals surface area contributed by atoms with Crippen molar-refractivity contribution in [3.63, 3.8) is 0 Å². The molecular formula is C26H22ClN3O3. The third-order valence-corrected chi connectivity index (χ3v) is 6.20. The number of nitrogens with zero attached hydrogens (tertiary/aromatic N) is 2. The van der Waals surface area contributed by atoms with Crippen LogP contribution in [0.2, 0.25) is 5.02 Å². The van der Waals surface area contributed by atoms with Gasteiger partial charge in [-0.25, -0.2) is 0 Å². The molecule has 166 valence electrons. The number of amides is 1. The van der Waals surface area contributed by atoms with Crippen LogP contribution < -0.4 is 4.74 Å². The summed E-state index contributed by atoms with van der Waals surface area (Å²) in [6.45, 7) is 2.45. The Bertz CT molecular complexity index is 1350. The maximum atomic E-state index is 13.5. The smallest absolute Gasteiger partial charge is 0.273 e. The zero-order valence-corrected chi connectivity index (χ0v) is 18.9. The molecular weight excluding hydrogens is 438 g/mol. The van der Waals surface area contributed by atoms with Crippen LogP contribution in [0.1, 0.15) is 38.8 Å². The number of ether oxygens (including phenoxy) is 1. The maximum absolute atomic E-state index is 13.5. The Morgan fingerprint density at radius 3 is 2.67 bits per heavy atom. The van der Waals surface area contributed by atoms with Gasteiger partial charge in [0.15, 0.2) is 0 Å². The first-order valence-corrected chi connectivity index (χ1v) is 10.9. The predicted octanol–water partition coefficient (Wildman–Crippen LogP) is 5.50. The summed E-state index contributed by atoms with van der Waals surface area (Å²) in [5.41, 5.74) is 5.14. The molecule has 0 saturated heterocycles. The highest BCUT2D eigenvalue weighted by molar-refractivity contribution is 6.31. The van der Waals surface area contributed by atoms with E-state index in [0.717, 1.165) is 16.7 Å². The van der Waals surface area contributed by atoms with Crippen molar-refractivity contribution in [1.82, 2.24) is 15.1 Å². The molecule has 6 nitrogen and oxygen atoms in total. The molecule has 0 fully saturated rings. The molecule has 0 saturated carbocycles.